The van der Waals surface area contributed by atoms with Crippen molar-refractivity contribution in [3.8, 4) is 10.6 Å². The molecular formula is C12H9ClN6O3S3. The maximum absolute atomic E-state index is 12.3. The zero-order chi connectivity index (χ0) is 18.0. The van der Waals surface area contributed by atoms with E-state index in [1.54, 1.807) is 24.3 Å². The molecule has 0 radical (unpaired) electrons. The molecule has 1 amide bonds. The molecule has 1 aromatic carbocycles. The van der Waals surface area contributed by atoms with E-state index < -0.39 is 10.0 Å². The predicted octanol–water partition coefficient (Wildman–Crippen LogP) is 2.47. The zero-order valence-electron chi connectivity index (χ0n) is 12.4. The maximum Gasteiger partial charge on any atom is 0.293 e. The average Bonchev–Trinajstić information content (AvgIpc) is 3.17. The van der Waals surface area contributed by atoms with Crippen LogP contribution in [0.15, 0.2) is 28.6 Å². The van der Waals surface area contributed by atoms with E-state index in [0.29, 0.717) is 10.0 Å². The number of rotatable bonds is 5. The number of halogens is 1. The Morgan fingerprint density at radius 2 is 1.72 bits per heavy atom. The van der Waals surface area contributed by atoms with Crippen molar-refractivity contribution in [1.29, 1.82) is 0 Å². The molecule has 0 aliphatic heterocycles. The van der Waals surface area contributed by atoms with Crippen molar-refractivity contribution in [1.82, 2.24) is 20.4 Å². The topological polar surface area (TPSA) is 127 Å². The van der Waals surface area contributed by atoms with Gasteiger partial charge in [0, 0.05) is 17.5 Å². The minimum Gasteiger partial charge on any atom is -0.301 e. The molecule has 2 heterocycles. The Hall–Kier alpha value is -2.15. The lowest BCUT2D eigenvalue weighted by Gasteiger charge is -1.99. The summed E-state index contributed by atoms with van der Waals surface area (Å²) in [6.07, 6.45) is 0. The fourth-order valence-electron chi connectivity index (χ4n) is 1.65. The normalized spacial score (nSPS) is 11.3. The van der Waals surface area contributed by atoms with Crippen LogP contribution in [-0.4, -0.2) is 34.7 Å². The summed E-state index contributed by atoms with van der Waals surface area (Å²) in [5.41, 5.74) is 0.760. The van der Waals surface area contributed by atoms with Gasteiger partial charge in [-0.25, -0.2) is 0 Å². The molecule has 2 N–H and O–H groups in total. The number of anilines is 2. The molecule has 130 valence electrons. The standard InChI is InChI=1S/C12H9ClN6O3S3/c1-6(20)14-10-16-18-12(24-10)25(21,22)19-11-17-15-9(23-11)7-2-4-8(13)5-3-7/h2-5H,1H3,(H,17,19)(H,14,16,20). The number of nitrogens with zero attached hydrogens (tertiary/aromatic N) is 4. The first-order valence-electron chi connectivity index (χ1n) is 6.57. The summed E-state index contributed by atoms with van der Waals surface area (Å²) >= 11 is 7.62. The quantitative estimate of drug-likeness (QED) is 0.611. The van der Waals surface area contributed by atoms with Crippen molar-refractivity contribution >= 4 is 60.5 Å². The largest absolute Gasteiger partial charge is 0.301 e. The van der Waals surface area contributed by atoms with E-state index in [-0.39, 0.29) is 20.5 Å². The van der Waals surface area contributed by atoms with Gasteiger partial charge >= 0.3 is 0 Å². The van der Waals surface area contributed by atoms with Crippen molar-refractivity contribution < 1.29 is 13.2 Å². The van der Waals surface area contributed by atoms with Gasteiger partial charge in [0.05, 0.1) is 0 Å². The molecule has 9 nitrogen and oxygen atoms in total. The first-order valence-corrected chi connectivity index (χ1v) is 10.1. The molecule has 0 bridgehead atoms. The van der Waals surface area contributed by atoms with Crippen LogP contribution in [0.5, 0.6) is 0 Å². The predicted molar refractivity (Wildman–Crippen MR) is 95.4 cm³/mol. The molecule has 25 heavy (non-hydrogen) atoms. The number of nitrogens with one attached hydrogen (secondary N) is 2. The van der Waals surface area contributed by atoms with E-state index in [9.17, 15) is 13.2 Å². The Morgan fingerprint density at radius 1 is 1.04 bits per heavy atom. The van der Waals surface area contributed by atoms with Crippen LogP contribution in [0.1, 0.15) is 6.92 Å². The first kappa shape index (κ1) is 17.7. The molecule has 0 unspecified atom stereocenters. The van der Waals surface area contributed by atoms with Crippen LogP contribution in [0.25, 0.3) is 10.6 Å². The fraction of sp³-hybridized carbons (Fsp3) is 0.0833. The molecule has 2 aromatic heterocycles. The molecule has 0 atom stereocenters. The smallest absolute Gasteiger partial charge is 0.293 e. The van der Waals surface area contributed by atoms with Crippen LogP contribution >= 0.6 is 34.3 Å². The number of carbonyl (C=O) groups is 1. The van der Waals surface area contributed by atoms with Crippen molar-refractivity contribution in [3.63, 3.8) is 0 Å². The third kappa shape index (κ3) is 4.28. The molecule has 0 aliphatic carbocycles. The van der Waals surface area contributed by atoms with E-state index in [0.717, 1.165) is 28.2 Å². The number of amides is 1. The summed E-state index contributed by atoms with van der Waals surface area (Å²) in [5, 5.41) is 18.6. The second-order valence-electron chi connectivity index (χ2n) is 4.58. The van der Waals surface area contributed by atoms with E-state index in [4.69, 9.17) is 11.6 Å². The molecule has 0 fully saturated rings. The Kier molecular flexibility index (Phi) is 4.94. The Balaban J connectivity index is 1.78. The van der Waals surface area contributed by atoms with Crippen LogP contribution in [0.3, 0.4) is 0 Å². The van der Waals surface area contributed by atoms with E-state index >= 15 is 0 Å². The van der Waals surface area contributed by atoms with Gasteiger partial charge in [-0.15, -0.1) is 20.4 Å². The number of hydrogen-bond donors (Lipinski definition) is 2. The highest BCUT2D eigenvalue weighted by molar-refractivity contribution is 7.94. The van der Waals surface area contributed by atoms with E-state index in [2.05, 4.69) is 30.4 Å². The Morgan fingerprint density at radius 3 is 2.40 bits per heavy atom. The molecule has 0 saturated heterocycles. The lowest BCUT2D eigenvalue weighted by atomic mass is 10.2. The molecule has 0 aliphatic rings. The number of hydrogen-bond acceptors (Lipinski definition) is 9. The molecule has 3 rings (SSSR count). The Labute approximate surface area is 155 Å². The van der Waals surface area contributed by atoms with Crippen molar-refractivity contribution in [2.24, 2.45) is 0 Å². The van der Waals surface area contributed by atoms with Gasteiger partial charge in [0.15, 0.2) is 0 Å². The van der Waals surface area contributed by atoms with Gasteiger partial charge in [0.1, 0.15) is 5.01 Å². The highest BCUT2D eigenvalue weighted by Gasteiger charge is 2.22. The lowest BCUT2D eigenvalue weighted by molar-refractivity contribution is -0.114. The summed E-state index contributed by atoms with van der Waals surface area (Å²) in [7, 11) is -3.97. The van der Waals surface area contributed by atoms with Gasteiger partial charge in [-0.05, 0) is 12.1 Å². The lowest BCUT2D eigenvalue weighted by Crippen LogP contribution is -2.12. The van der Waals surface area contributed by atoms with Crippen molar-refractivity contribution in [2.75, 3.05) is 10.0 Å². The molecule has 3 aromatic rings. The van der Waals surface area contributed by atoms with Gasteiger partial charge < -0.3 is 5.32 Å². The monoisotopic (exact) mass is 416 g/mol. The minimum absolute atomic E-state index is 0.0845. The molecule has 0 saturated carbocycles. The molecule has 13 heteroatoms. The summed E-state index contributed by atoms with van der Waals surface area (Å²) in [4.78, 5) is 11.0. The van der Waals surface area contributed by atoms with E-state index in [1.807, 2.05) is 0 Å². The second kappa shape index (κ2) is 7.00. The first-order chi connectivity index (χ1) is 11.8. The number of aromatic nitrogens is 4. The van der Waals surface area contributed by atoms with Gasteiger partial charge in [0.2, 0.25) is 16.2 Å². The van der Waals surface area contributed by atoms with Gasteiger partial charge in [-0.2, -0.15) is 8.42 Å². The third-order valence-corrected chi connectivity index (χ3v) is 6.47. The fourth-order valence-corrected chi connectivity index (χ4v) is 4.70. The zero-order valence-corrected chi connectivity index (χ0v) is 15.6. The van der Waals surface area contributed by atoms with Crippen molar-refractivity contribution in [2.45, 2.75) is 11.3 Å². The number of benzene rings is 1. The molecule has 0 spiro atoms. The summed E-state index contributed by atoms with van der Waals surface area (Å²) < 4.78 is 26.6. The number of carbonyl (C=O) groups excluding carboxylic acids is 1. The SMILES string of the molecule is CC(=O)Nc1nnc(S(=O)(=O)Nc2nnc(-c3ccc(Cl)cc3)s2)s1. The average molecular weight is 417 g/mol. The van der Waals surface area contributed by atoms with Crippen LogP contribution in [0.4, 0.5) is 10.3 Å². The van der Waals surface area contributed by atoms with Crippen LogP contribution in [0.2, 0.25) is 5.02 Å². The van der Waals surface area contributed by atoms with Crippen LogP contribution in [-0.2, 0) is 14.8 Å². The third-order valence-electron chi connectivity index (χ3n) is 2.66. The Bertz CT molecular complexity index is 1010. The van der Waals surface area contributed by atoms with Crippen LogP contribution < -0.4 is 10.0 Å². The summed E-state index contributed by atoms with van der Waals surface area (Å²) in [6, 6.07) is 6.91. The number of sulfonamides is 1. The van der Waals surface area contributed by atoms with Gasteiger partial charge in [-0.3, -0.25) is 9.52 Å². The van der Waals surface area contributed by atoms with Gasteiger partial charge in [0.25, 0.3) is 14.4 Å². The second-order valence-corrected chi connectivity index (χ2v) is 8.83. The molecular weight excluding hydrogens is 408 g/mol. The summed E-state index contributed by atoms with van der Waals surface area (Å²) in [6.45, 7) is 1.29. The summed E-state index contributed by atoms with van der Waals surface area (Å²) in [5.74, 6) is -0.371. The van der Waals surface area contributed by atoms with Crippen LogP contribution in [0, 0.1) is 0 Å². The highest BCUT2D eigenvalue weighted by atomic mass is 35.5. The van der Waals surface area contributed by atoms with Crippen molar-refractivity contribution in [3.05, 3.63) is 29.3 Å². The highest BCUT2D eigenvalue weighted by Crippen LogP contribution is 2.29. The minimum atomic E-state index is -3.97. The van der Waals surface area contributed by atoms with Gasteiger partial charge in [-0.1, -0.05) is 46.4 Å². The van der Waals surface area contributed by atoms with E-state index in [1.165, 1.54) is 6.92 Å². The maximum atomic E-state index is 12.3.